The molecule has 6 nitrogen and oxygen atoms in total. The lowest BCUT2D eigenvalue weighted by Gasteiger charge is -2.16. The van der Waals surface area contributed by atoms with Crippen LogP contribution in [0.4, 0.5) is 0 Å². The molecular formula is C16H16N4O2S. The predicted octanol–water partition coefficient (Wildman–Crippen LogP) is 3.14. The number of carbonyl (C=O) groups excluding carboxylic acids is 1. The van der Waals surface area contributed by atoms with E-state index in [1.165, 1.54) is 0 Å². The van der Waals surface area contributed by atoms with Crippen LogP contribution >= 0.6 is 11.3 Å². The molecule has 1 aliphatic rings. The second kappa shape index (κ2) is 5.42. The fourth-order valence-electron chi connectivity index (χ4n) is 2.68. The first-order chi connectivity index (χ1) is 11.1. The van der Waals surface area contributed by atoms with Crippen LogP contribution < -0.4 is 0 Å². The van der Waals surface area contributed by atoms with Gasteiger partial charge in [-0.3, -0.25) is 4.79 Å². The zero-order valence-electron chi connectivity index (χ0n) is 12.9. The van der Waals surface area contributed by atoms with Crippen LogP contribution in [0.15, 0.2) is 22.2 Å². The Morgan fingerprint density at radius 3 is 3.00 bits per heavy atom. The lowest BCUT2D eigenvalue weighted by molar-refractivity contribution is 0.0786. The van der Waals surface area contributed by atoms with E-state index in [2.05, 4.69) is 15.1 Å². The number of amides is 1. The molecule has 1 aliphatic carbocycles. The Balaban J connectivity index is 1.73. The lowest BCUT2D eigenvalue weighted by Crippen LogP contribution is -2.26. The summed E-state index contributed by atoms with van der Waals surface area (Å²) in [6.07, 6.45) is 3.99. The van der Waals surface area contributed by atoms with Gasteiger partial charge in [-0.25, -0.2) is 9.97 Å². The number of hydrogen-bond donors (Lipinski definition) is 0. The van der Waals surface area contributed by atoms with E-state index in [-0.39, 0.29) is 5.91 Å². The van der Waals surface area contributed by atoms with Gasteiger partial charge < -0.3 is 9.42 Å². The summed E-state index contributed by atoms with van der Waals surface area (Å²) >= 11 is 1.54. The number of aromatic nitrogens is 3. The molecule has 3 aromatic rings. The maximum atomic E-state index is 12.9. The summed E-state index contributed by atoms with van der Waals surface area (Å²) < 4.78 is 5.30. The van der Waals surface area contributed by atoms with E-state index in [9.17, 15) is 4.79 Å². The standard InChI is InChI=1S/C16H16N4O2S/c1-9-14-11(16(21)20(2)8-13-17-5-6-23-13)7-12(10-3-4-10)18-15(14)22-19-9/h5-7,10H,3-4,8H2,1-2H3. The number of aryl methyl sites for hydroxylation is 1. The summed E-state index contributed by atoms with van der Waals surface area (Å²) in [5.41, 5.74) is 2.70. The molecule has 0 radical (unpaired) electrons. The maximum absolute atomic E-state index is 12.9. The number of rotatable bonds is 4. The van der Waals surface area contributed by atoms with Crippen LogP contribution in [0.3, 0.4) is 0 Å². The molecule has 0 saturated heterocycles. The van der Waals surface area contributed by atoms with Crippen LogP contribution in [0.5, 0.6) is 0 Å². The van der Waals surface area contributed by atoms with Crippen molar-refractivity contribution in [2.45, 2.75) is 32.2 Å². The minimum Gasteiger partial charge on any atom is -0.336 e. The molecule has 4 rings (SSSR count). The van der Waals surface area contributed by atoms with Crippen LogP contribution in [0, 0.1) is 6.92 Å². The second-order valence-corrected chi connectivity index (χ2v) is 6.88. The van der Waals surface area contributed by atoms with E-state index in [0.717, 1.165) is 23.5 Å². The van der Waals surface area contributed by atoms with Gasteiger partial charge in [0.1, 0.15) is 5.01 Å². The summed E-state index contributed by atoms with van der Waals surface area (Å²) in [5.74, 6) is 0.390. The second-order valence-electron chi connectivity index (χ2n) is 5.90. The topological polar surface area (TPSA) is 72.1 Å². The van der Waals surface area contributed by atoms with Crippen molar-refractivity contribution in [2.75, 3.05) is 7.05 Å². The Kier molecular flexibility index (Phi) is 3.37. The van der Waals surface area contributed by atoms with Gasteiger partial charge in [0.05, 0.1) is 23.2 Å². The van der Waals surface area contributed by atoms with Crippen molar-refractivity contribution in [2.24, 2.45) is 0 Å². The van der Waals surface area contributed by atoms with Crippen molar-refractivity contribution in [3.63, 3.8) is 0 Å². The normalized spacial score (nSPS) is 14.3. The summed E-state index contributed by atoms with van der Waals surface area (Å²) in [5, 5.41) is 7.51. The number of carbonyl (C=O) groups is 1. The maximum Gasteiger partial charge on any atom is 0.259 e. The highest BCUT2D eigenvalue weighted by molar-refractivity contribution is 7.09. The summed E-state index contributed by atoms with van der Waals surface area (Å²) in [4.78, 5) is 23.4. The monoisotopic (exact) mass is 328 g/mol. The number of pyridine rings is 1. The Bertz CT molecular complexity index is 868. The third-order valence-electron chi connectivity index (χ3n) is 4.07. The smallest absolute Gasteiger partial charge is 0.259 e. The molecule has 0 atom stereocenters. The highest BCUT2D eigenvalue weighted by Gasteiger charge is 2.29. The largest absolute Gasteiger partial charge is 0.336 e. The molecule has 0 aliphatic heterocycles. The molecule has 0 aromatic carbocycles. The lowest BCUT2D eigenvalue weighted by atomic mass is 10.1. The highest BCUT2D eigenvalue weighted by atomic mass is 32.1. The van der Waals surface area contributed by atoms with E-state index >= 15 is 0 Å². The molecule has 1 saturated carbocycles. The van der Waals surface area contributed by atoms with Crippen LogP contribution in [0.1, 0.15) is 45.5 Å². The van der Waals surface area contributed by atoms with Gasteiger partial charge >= 0.3 is 0 Å². The fraction of sp³-hybridized carbons (Fsp3) is 0.375. The first kappa shape index (κ1) is 14.3. The van der Waals surface area contributed by atoms with Crippen molar-refractivity contribution in [3.8, 4) is 0 Å². The average Bonchev–Trinajstić information content (AvgIpc) is 3.16. The molecule has 0 N–H and O–H groups in total. The quantitative estimate of drug-likeness (QED) is 0.736. The molecule has 3 aromatic heterocycles. The van der Waals surface area contributed by atoms with Crippen molar-refractivity contribution in [1.82, 2.24) is 20.0 Å². The Morgan fingerprint density at radius 2 is 2.30 bits per heavy atom. The first-order valence-corrected chi connectivity index (χ1v) is 8.42. The Labute approximate surface area is 137 Å². The predicted molar refractivity (Wildman–Crippen MR) is 86.4 cm³/mol. The molecule has 23 heavy (non-hydrogen) atoms. The zero-order valence-corrected chi connectivity index (χ0v) is 13.8. The molecular weight excluding hydrogens is 312 g/mol. The first-order valence-electron chi connectivity index (χ1n) is 7.54. The van der Waals surface area contributed by atoms with Crippen LogP contribution in [0.2, 0.25) is 0 Å². The highest BCUT2D eigenvalue weighted by Crippen LogP contribution is 2.40. The van der Waals surface area contributed by atoms with Gasteiger partial charge in [0.25, 0.3) is 11.6 Å². The molecule has 0 spiro atoms. The minimum atomic E-state index is -0.0548. The van der Waals surface area contributed by atoms with E-state index < -0.39 is 0 Å². The van der Waals surface area contributed by atoms with Crippen molar-refractivity contribution in [1.29, 1.82) is 0 Å². The SMILES string of the molecule is Cc1noc2nc(C3CC3)cc(C(=O)N(C)Cc3nccs3)c12. The average molecular weight is 328 g/mol. The van der Waals surface area contributed by atoms with Gasteiger partial charge in [-0.15, -0.1) is 11.3 Å². The van der Waals surface area contributed by atoms with Gasteiger partial charge in [0.15, 0.2) is 0 Å². The van der Waals surface area contributed by atoms with Crippen LogP contribution in [-0.2, 0) is 6.54 Å². The van der Waals surface area contributed by atoms with Crippen molar-refractivity contribution in [3.05, 3.63) is 39.6 Å². The number of thiazole rings is 1. The van der Waals surface area contributed by atoms with Gasteiger partial charge in [-0.2, -0.15) is 0 Å². The summed E-state index contributed by atoms with van der Waals surface area (Å²) in [6.45, 7) is 2.32. The summed E-state index contributed by atoms with van der Waals surface area (Å²) in [7, 11) is 1.79. The van der Waals surface area contributed by atoms with Crippen molar-refractivity contribution < 1.29 is 9.32 Å². The van der Waals surface area contributed by atoms with Gasteiger partial charge in [-0.05, 0) is 25.8 Å². The van der Waals surface area contributed by atoms with E-state index in [0.29, 0.717) is 34.8 Å². The molecule has 118 valence electrons. The molecule has 0 unspecified atom stereocenters. The molecule has 7 heteroatoms. The van der Waals surface area contributed by atoms with Gasteiger partial charge in [0.2, 0.25) is 0 Å². The fourth-order valence-corrected chi connectivity index (χ4v) is 3.35. The molecule has 0 bridgehead atoms. The zero-order chi connectivity index (χ0) is 16.0. The van der Waals surface area contributed by atoms with E-state index in [4.69, 9.17) is 4.52 Å². The number of hydrogen-bond acceptors (Lipinski definition) is 6. The summed E-state index contributed by atoms with van der Waals surface area (Å²) in [6, 6.07) is 1.91. The third kappa shape index (κ3) is 2.61. The molecule has 1 amide bonds. The van der Waals surface area contributed by atoms with Crippen molar-refractivity contribution >= 4 is 28.3 Å². The third-order valence-corrected chi connectivity index (χ3v) is 4.83. The number of fused-ring (bicyclic) bond motifs is 1. The molecule has 1 fully saturated rings. The molecule has 3 heterocycles. The Hall–Kier alpha value is -2.28. The van der Waals surface area contributed by atoms with E-state index in [1.807, 2.05) is 18.4 Å². The van der Waals surface area contributed by atoms with Gasteiger partial charge in [0, 0.05) is 30.2 Å². The Morgan fingerprint density at radius 1 is 1.48 bits per heavy atom. The van der Waals surface area contributed by atoms with Crippen LogP contribution in [-0.4, -0.2) is 33.0 Å². The van der Waals surface area contributed by atoms with Gasteiger partial charge in [-0.1, -0.05) is 5.16 Å². The minimum absolute atomic E-state index is 0.0548. The van der Waals surface area contributed by atoms with Crippen LogP contribution in [0.25, 0.3) is 11.1 Å². The number of nitrogens with zero attached hydrogens (tertiary/aromatic N) is 4. The van der Waals surface area contributed by atoms with E-state index in [1.54, 1.807) is 29.5 Å².